The Morgan fingerprint density at radius 1 is 0.714 bits per heavy atom. The molecule has 1 aliphatic heterocycles. The summed E-state index contributed by atoms with van der Waals surface area (Å²) in [6, 6.07) is 14.7. The standard InChI is InChI=1S/C16H8O5/c17-15-19-12-7-3-5-10-8-9-4-1-2-6-11(9)14(13(10)12)20-16(18)21-15/h1-8H. The molecule has 3 aromatic rings. The maximum atomic E-state index is 11.6. The van der Waals surface area contributed by atoms with Crippen molar-refractivity contribution in [2.24, 2.45) is 0 Å². The Labute approximate surface area is 118 Å². The van der Waals surface area contributed by atoms with E-state index in [-0.39, 0.29) is 0 Å². The molecule has 0 saturated heterocycles. The van der Waals surface area contributed by atoms with Crippen LogP contribution in [0.15, 0.2) is 48.5 Å². The van der Waals surface area contributed by atoms with E-state index >= 15 is 0 Å². The minimum absolute atomic E-state index is 0.297. The maximum Gasteiger partial charge on any atom is 0.524 e. The van der Waals surface area contributed by atoms with Crippen molar-refractivity contribution in [3.8, 4) is 11.5 Å². The van der Waals surface area contributed by atoms with Crippen LogP contribution in [0, 0.1) is 0 Å². The Kier molecular flexibility index (Phi) is 2.35. The van der Waals surface area contributed by atoms with Crippen molar-refractivity contribution in [3.05, 3.63) is 48.5 Å². The van der Waals surface area contributed by atoms with Crippen LogP contribution in [0.25, 0.3) is 21.5 Å². The lowest BCUT2D eigenvalue weighted by Gasteiger charge is -2.16. The summed E-state index contributed by atoms with van der Waals surface area (Å²) >= 11 is 0. The summed E-state index contributed by atoms with van der Waals surface area (Å²) in [5.41, 5.74) is 0. The Hall–Kier alpha value is -3.08. The van der Waals surface area contributed by atoms with Crippen molar-refractivity contribution in [1.29, 1.82) is 0 Å². The van der Waals surface area contributed by atoms with E-state index in [2.05, 4.69) is 4.74 Å². The minimum Gasteiger partial charge on any atom is -0.394 e. The number of hydrogen-bond donors (Lipinski definition) is 0. The topological polar surface area (TPSA) is 61.8 Å². The van der Waals surface area contributed by atoms with Crippen molar-refractivity contribution < 1.29 is 23.8 Å². The lowest BCUT2D eigenvalue weighted by molar-refractivity contribution is 0.0883. The number of hydrogen-bond acceptors (Lipinski definition) is 5. The number of ether oxygens (including phenoxy) is 3. The zero-order chi connectivity index (χ0) is 14.4. The fourth-order valence-electron chi connectivity index (χ4n) is 2.52. The number of fused-ring (bicyclic) bond motifs is 2. The van der Waals surface area contributed by atoms with Crippen LogP contribution in [-0.2, 0) is 4.74 Å². The van der Waals surface area contributed by atoms with E-state index in [1.807, 2.05) is 36.4 Å². The van der Waals surface area contributed by atoms with E-state index in [0.717, 1.165) is 16.2 Å². The molecule has 0 aromatic heterocycles. The fourth-order valence-corrected chi connectivity index (χ4v) is 2.52. The predicted octanol–water partition coefficient (Wildman–Crippen LogP) is 4.02. The van der Waals surface area contributed by atoms with Gasteiger partial charge in [-0.1, -0.05) is 36.4 Å². The van der Waals surface area contributed by atoms with Gasteiger partial charge in [-0.25, -0.2) is 9.59 Å². The summed E-state index contributed by atoms with van der Waals surface area (Å²) in [7, 11) is 0. The number of cyclic esters (lactones) is 2. The van der Waals surface area contributed by atoms with Crippen LogP contribution in [0.5, 0.6) is 11.5 Å². The van der Waals surface area contributed by atoms with Crippen molar-refractivity contribution in [1.82, 2.24) is 0 Å². The SMILES string of the molecule is O=C1OC(=O)Oc2c3ccccc3cc3cccc(c23)O1. The molecule has 0 N–H and O–H groups in total. The van der Waals surface area contributed by atoms with E-state index in [4.69, 9.17) is 9.47 Å². The Balaban J connectivity index is 2.19. The third kappa shape index (κ3) is 1.79. The lowest BCUT2D eigenvalue weighted by atomic mass is 10.0. The van der Waals surface area contributed by atoms with Gasteiger partial charge in [0.05, 0.1) is 5.39 Å². The molecule has 1 aliphatic rings. The molecule has 1 heterocycles. The lowest BCUT2D eigenvalue weighted by Crippen LogP contribution is -2.21. The van der Waals surface area contributed by atoms with Gasteiger partial charge in [-0.3, -0.25) is 0 Å². The third-order valence-electron chi connectivity index (χ3n) is 3.35. The molecule has 0 bridgehead atoms. The molecule has 0 unspecified atom stereocenters. The molecule has 5 nitrogen and oxygen atoms in total. The Bertz CT molecular complexity index is 913. The van der Waals surface area contributed by atoms with Crippen molar-refractivity contribution in [2.45, 2.75) is 0 Å². The van der Waals surface area contributed by atoms with Crippen LogP contribution in [0.4, 0.5) is 9.59 Å². The summed E-state index contributed by atoms with van der Waals surface area (Å²) in [5, 5.41) is 3.04. The average molecular weight is 280 g/mol. The molecule has 0 radical (unpaired) electrons. The van der Waals surface area contributed by atoms with Gasteiger partial charge in [0.1, 0.15) is 5.75 Å². The molecule has 0 amide bonds. The summed E-state index contributed by atoms with van der Waals surface area (Å²) in [5.74, 6) is 0.627. The van der Waals surface area contributed by atoms with Crippen LogP contribution in [0.3, 0.4) is 0 Å². The monoisotopic (exact) mass is 280 g/mol. The molecule has 3 aromatic carbocycles. The first-order chi connectivity index (χ1) is 10.2. The molecule has 102 valence electrons. The van der Waals surface area contributed by atoms with E-state index in [0.29, 0.717) is 16.9 Å². The van der Waals surface area contributed by atoms with Gasteiger partial charge in [-0.2, -0.15) is 0 Å². The van der Waals surface area contributed by atoms with E-state index in [1.54, 1.807) is 12.1 Å². The van der Waals surface area contributed by atoms with Gasteiger partial charge in [-0.05, 0) is 22.9 Å². The van der Waals surface area contributed by atoms with Gasteiger partial charge >= 0.3 is 12.3 Å². The molecule has 0 fully saturated rings. The Morgan fingerprint density at radius 2 is 1.48 bits per heavy atom. The summed E-state index contributed by atoms with van der Waals surface area (Å²) in [6.07, 6.45) is -2.21. The highest BCUT2D eigenvalue weighted by Gasteiger charge is 2.24. The van der Waals surface area contributed by atoms with E-state index < -0.39 is 12.3 Å². The molecule has 0 aliphatic carbocycles. The highest BCUT2D eigenvalue weighted by atomic mass is 16.8. The van der Waals surface area contributed by atoms with Crippen LogP contribution < -0.4 is 9.47 Å². The smallest absolute Gasteiger partial charge is 0.394 e. The first kappa shape index (κ1) is 11.7. The fraction of sp³-hybridized carbons (Fsp3) is 0. The van der Waals surface area contributed by atoms with Crippen molar-refractivity contribution in [2.75, 3.05) is 0 Å². The number of benzene rings is 3. The van der Waals surface area contributed by atoms with Crippen LogP contribution in [-0.4, -0.2) is 12.3 Å². The second-order valence-corrected chi connectivity index (χ2v) is 4.59. The summed E-state index contributed by atoms with van der Waals surface area (Å²) in [6.45, 7) is 0. The zero-order valence-corrected chi connectivity index (χ0v) is 10.7. The molecule has 21 heavy (non-hydrogen) atoms. The number of rotatable bonds is 0. The number of carbonyl (C=O) groups is 2. The second-order valence-electron chi connectivity index (χ2n) is 4.59. The van der Waals surface area contributed by atoms with Crippen molar-refractivity contribution in [3.63, 3.8) is 0 Å². The van der Waals surface area contributed by atoms with Gasteiger partial charge < -0.3 is 14.2 Å². The molecular weight excluding hydrogens is 272 g/mol. The van der Waals surface area contributed by atoms with Crippen LogP contribution in [0.1, 0.15) is 0 Å². The van der Waals surface area contributed by atoms with Gasteiger partial charge in [0.15, 0.2) is 5.75 Å². The largest absolute Gasteiger partial charge is 0.524 e. The third-order valence-corrected chi connectivity index (χ3v) is 3.35. The normalized spacial score (nSPS) is 14.1. The van der Waals surface area contributed by atoms with Crippen LogP contribution >= 0.6 is 0 Å². The predicted molar refractivity (Wildman–Crippen MR) is 74.6 cm³/mol. The quantitative estimate of drug-likeness (QED) is 0.269. The minimum atomic E-state index is -1.11. The Morgan fingerprint density at radius 3 is 2.38 bits per heavy atom. The van der Waals surface area contributed by atoms with Gasteiger partial charge in [-0.15, -0.1) is 0 Å². The summed E-state index contributed by atoms with van der Waals surface area (Å²) < 4.78 is 14.7. The molecular formula is C16H8O5. The zero-order valence-electron chi connectivity index (χ0n) is 10.7. The maximum absolute atomic E-state index is 11.6. The highest BCUT2D eigenvalue weighted by molar-refractivity contribution is 6.09. The van der Waals surface area contributed by atoms with Gasteiger partial charge in [0.25, 0.3) is 0 Å². The first-order valence-electron chi connectivity index (χ1n) is 6.28. The number of carbonyl (C=O) groups excluding carboxylic acids is 2. The average Bonchev–Trinajstić information content (AvgIpc) is 2.45. The summed E-state index contributed by atoms with van der Waals surface area (Å²) in [4.78, 5) is 23.0. The van der Waals surface area contributed by atoms with Gasteiger partial charge in [0, 0.05) is 5.39 Å². The van der Waals surface area contributed by atoms with E-state index in [9.17, 15) is 9.59 Å². The molecule has 0 atom stereocenters. The first-order valence-corrected chi connectivity index (χ1v) is 6.28. The highest BCUT2D eigenvalue weighted by Crippen LogP contribution is 2.41. The molecule has 0 saturated carbocycles. The molecule has 5 heteroatoms. The molecule has 4 rings (SSSR count). The van der Waals surface area contributed by atoms with Crippen LogP contribution in [0.2, 0.25) is 0 Å². The van der Waals surface area contributed by atoms with Gasteiger partial charge in [0.2, 0.25) is 0 Å². The second kappa shape index (κ2) is 4.21. The molecule has 0 spiro atoms. The van der Waals surface area contributed by atoms with E-state index in [1.165, 1.54) is 0 Å². The van der Waals surface area contributed by atoms with Crippen molar-refractivity contribution >= 4 is 33.9 Å².